The van der Waals surface area contributed by atoms with Crippen LogP contribution in [0.1, 0.15) is 6.92 Å². The van der Waals surface area contributed by atoms with Gasteiger partial charge in [-0.25, -0.2) is 12.8 Å². The maximum absolute atomic E-state index is 12.8. The summed E-state index contributed by atoms with van der Waals surface area (Å²) in [6.07, 6.45) is -1.43. The van der Waals surface area contributed by atoms with E-state index in [0.717, 1.165) is 31.2 Å². The third-order valence-corrected chi connectivity index (χ3v) is 3.96. The molecule has 1 rings (SSSR count). The summed E-state index contributed by atoms with van der Waals surface area (Å²) in [4.78, 5) is 21.9. The molecule has 1 aromatic rings. The third kappa shape index (κ3) is 5.06. The van der Waals surface area contributed by atoms with Crippen LogP contribution in [0.5, 0.6) is 0 Å². The number of aliphatic hydroxyl groups excluding tert-OH is 1. The lowest BCUT2D eigenvalue weighted by Gasteiger charge is -2.19. The van der Waals surface area contributed by atoms with E-state index in [4.69, 9.17) is 5.73 Å². The van der Waals surface area contributed by atoms with E-state index in [2.05, 4.69) is 4.74 Å². The summed E-state index contributed by atoms with van der Waals surface area (Å²) in [5.74, 6) is -2.73. The summed E-state index contributed by atoms with van der Waals surface area (Å²) in [6.45, 7) is 0.406. The second-order valence-corrected chi connectivity index (χ2v) is 6.08. The molecule has 0 spiro atoms. The highest BCUT2D eigenvalue weighted by atomic mass is 32.2. The zero-order valence-electron chi connectivity index (χ0n) is 11.5. The zero-order chi connectivity index (χ0) is 16.9. The van der Waals surface area contributed by atoms with Crippen LogP contribution < -0.4 is 10.5 Å². The number of ether oxygens (including phenoxy) is 1. The van der Waals surface area contributed by atoms with E-state index in [0.29, 0.717) is 0 Å². The minimum atomic E-state index is -4.20. The molecular weight excluding hydrogens is 319 g/mol. The van der Waals surface area contributed by atoms with Crippen molar-refractivity contribution in [2.45, 2.75) is 24.0 Å². The number of nitrogens with two attached hydrogens (primary N) is 1. The van der Waals surface area contributed by atoms with Gasteiger partial charge in [-0.1, -0.05) is 0 Å². The van der Waals surface area contributed by atoms with Gasteiger partial charge in [-0.2, -0.15) is 4.72 Å². The second kappa shape index (κ2) is 7.29. The number of amides is 1. The van der Waals surface area contributed by atoms with Gasteiger partial charge in [-0.3, -0.25) is 9.59 Å². The predicted octanol–water partition coefficient (Wildman–Crippen LogP) is -1.12. The Morgan fingerprint density at radius 1 is 1.36 bits per heavy atom. The first-order valence-corrected chi connectivity index (χ1v) is 7.52. The smallest absolute Gasteiger partial charge is 0.327 e. The average Bonchev–Trinajstić information content (AvgIpc) is 2.42. The highest BCUT2D eigenvalue weighted by Crippen LogP contribution is 2.11. The number of hydrogen-bond acceptors (Lipinski definition) is 6. The molecular formula is C12H15FN2O6S. The summed E-state index contributed by atoms with van der Waals surface area (Å²) in [5.41, 5.74) is 4.80. The zero-order valence-corrected chi connectivity index (χ0v) is 12.3. The summed E-state index contributed by atoms with van der Waals surface area (Å²) in [5, 5.41) is 9.50. The van der Waals surface area contributed by atoms with Gasteiger partial charge in [0.05, 0.1) is 11.0 Å². The lowest BCUT2D eigenvalue weighted by molar-refractivity contribution is -0.151. The topological polar surface area (TPSA) is 136 Å². The Bertz CT molecular complexity index is 644. The van der Waals surface area contributed by atoms with Crippen molar-refractivity contribution in [1.29, 1.82) is 0 Å². The molecule has 0 aliphatic carbocycles. The predicted molar refractivity (Wildman–Crippen MR) is 72.3 cm³/mol. The molecule has 10 heteroatoms. The first-order valence-electron chi connectivity index (χ1n) is 6.04. The van der Waals surface area contributed by atoms with Crippen molar-refractivity contribution in [3.63, 3.8) is 0 Å². The third-order valence-electron chi connectivity index (χ3n) is 2.50. The van der Waals surface area contributed by atoms with Crippen LogP contribution in [0.25, 0.3) is 0 Å². The van der Waals surface area contributed by atoms with Gasteiger partial charge in [0.1, 0.15) is 11.9 Å². The number of carbonyl (C=O) groups excluding carboxylic acids is 2. The minimum absolute atomic E-state index is 0.303. The van der Waals surface area contributed by atoms with Gasteiger partial charge in [-0.15, -0.1) is 0 Å². The van der Waals surface area contributed by atoms with Crippen molar-refractivity contribution in [3.8, 4) is 0 Å². The lowest BCUT2D eigenvalue weighted by atomic mass is 10.2. The quantitative estimate of drug-likeness (QED) is 0.541. The van der Waals surface area contributed by atoms with Gasteiger partial charge in [-0.05, 0) is 31.2 Å². The van der Waals surface area contributed by atoms with Crippen LogP contribution in [-0.4, -0.2) is 44.2 Å². The van der Waals surface area contributed by atoms with E-state index < -0.39 is 46.5 Å². The van der Waals surface area contributed by atoms with Gasteiger partial charge in [0.25, 0.3) is 5.91 Å². The van der Waals surface area contributed by atoms with E-state index in [1.807, 2.05) is 4.72 Å². The van der Waals surface area contributed by atoms with Gasteiger partial charge < -0.3 is 15.6 Å². The molecule has 0 aromatic heterocycles. The molecule has 0 fully saturated rings. The molecule has 0 bridgehead atoms. The molecule has 122 valence electrons. The van der Waals surface area contributed by atoms with Crippen molar-refractivity contribution < 1.29 is 32.2 Å². The Morgan fingerprint density at radius 3 is 2.36 bits per heavy atom. The van der Waals surface area contributed by atoms with Crippen molar-refractivity contribution in [1.82, 2.24) is 4.72 Å². The first kappa shape index (κ1) is 18.0. The van der Waals surface area contributed by atoms with Gasteiger partial charge in [0.2, 0.25) is 10.0 Å². The van der Waals surface area contributed by atoms with Gasteiger partial charge in [0.15, 0.2) is 6.61 Å². The van der Waals surface area contributed by atoms with Crippen LogP contribution in [-0.2, 0) is 24.3 Å². The van der Waals surface area contributed by atoms with Crippen molar-refractivity contribution in [2.75, 3.05) is 6.61 Å². The Labute approximate surface area is 126 Å². The summed E-state index contributed by atoms with van der Waals surface area (Å²) < 4.78 is 43.3. The standard InChI is InChI=1S/C12H15FN2O6S/c1-7(16)11(12(18)21-6-10(14)17)15-22(19,20)9-4-2-8(13)3-5-9/h2-5,7,11,15-16H,6H2,1H3,(H2,14,17)/t7-,11+/m1/s1. The Balaban J connectivity index is 2.92. The summed E-state index contributed by atoms with van der Waals surface area (Å²) in [6, 6.07) is 2.19. The van der Waals surface area contributed by atoms with Crippen LogP contribution >= 0.6 is 0 Å². The number of sulfonamides is 1. The molecule has 22 heavy (non-hydrogen) atoms. The van der Waals surface area contributed by atoms with Crippen LogP contribution in [0.2, 0.25) is 0 Å². The fourth-order valence-corrected chi connectivity index (χ4v) is 2.68. The fraction of sp³-hybridized carbons (Fsp3) is 0.333. The van der Waals surface area contributed by atoms with Crippen LogP contribution in [0.15, 0.2) is 29.2 Å². The van der Waals surface area contributed by atoms with Crippen LogP contribution in [0.3, 0.4) is 0 Å². The largest absolute Gasteiger partial charge is 0.454 e. The van der Waals surface area contributed by atoms with E-state index in [-0.39, 0.29) is 4.90 Å². The molecule has 4 N–H and O–H groups in total. The van der Waals surface area contributed by atoms with Crippen LogP contribution in [0, 0.1) is 5.82 Å². The number of hydrogen-bond donors (Lipinski definition) is 3. The molecule has 0 saturated heterocycles. The minimum Gasteiger partial charge on any atom is -0.454 e. The number of primary amides is 1. The fourth-order valence-electron chi connectivity index (χ4n) is 1.42. The molecule has 8 nitrogen and oxygen atoms in total. The van der Waals surface area contributed by atoms with Crippen molar-refractivity contribution in [2.24, 2.45) is 5.73 Å². The molecule has 0 unspecified atom stereocenters. The monoisotopic (exact) mass is 334 g/mol. The van der Waals surface area contributed by atoms with E-state index in [1.54, 1.807) is 0 Å². The molecule has 1 amide bonds. The molecule has 0 radical (unpaired) electrons. The molecule has 1 aromatic carbocycles. The van der Waals surface area contributed by atoms with Crippen molar-refractivity contribution in [3.05, 3.63) is 30.1 Å². The lowest BCUT2D eigenvalue weighted by Crippen LogP contribution is -2.48. The maximum atomic E-state index is 12.8. The Hall–Kier alpha value is -2.04. The Morgan fingerprint density at radius 2 is 1.91 bits per heavy atom. The SMILES string of the molecule is C[C@@H](O)[C@H](NS(=O)(=O)c1ccc(F)cc1)C(=O)OCC(N)=O. The first-order chi connectivity index (χ1) is 10.1. The number of carbonyl (C=O) groups is 2. The molecule has 0 aliphatic rings. The van der Waals surface area contributed by atoms with Crippen molar-refractivity contribution >= 4 is 21.9 Å². The maximum Gasteiger partial charge on any atom is 0.327 e. The normalized spacial score (nSPS) is 14.1. The number of benzene rings is 1. The highest BCUT2D eigenvalue weighted by molar-refractivity contribution is 7.89. The molecule has 0 heterocycles. The van der Waals surface area contributed by atoms with Crippen LogP contribution in [0.4, 0.5) is 4.39 Å². The summed E-state index contributed by atoms with van der Waals surface area (Å²) >= 11 is 0. The van der Waals surface area contributed by atoms with Gasteiger partial charge >= 0.3 is 5.97 Å². The highest BCUT2D eigenvalue weighted by Gasteiger charge is 2.31. The summed E-state index contributed by atoms with van der Waals surface area (Å²) in [7, 11) is -4.20. The number of esters is 1. The van der Waals surface area contributed by atoms with E-state index >= 15 is 0 Å². The number of nitrogens with one attached hydrogen (secondary N) is 1. The van der Waals surface area contributed by atoms with Gasteiger partial charge in [0, 0.05) is 0 Å². The molecule has 2 atom stereocenters. The number of rotatable bonds is 7. The van der Waals surface area contributed by atoms with E-state index in [1.165, 1.54) is 0 Å². The number of aliphatic hydroxyl groups is 1. The molecule has 0 aliphatic heterocycles. The molecule has 0 saturated carbocycles. The second-order valence-electron chi connectivity index (χ2n) is 4.37. The average molecular weight is 334 g/mol. The number of halogens is 1. The van der Waals surface area contributed by atoms with E-state index in [9.17, 15) is 27.5 Å². The Kier molecular flexibility index (Phi) is 5.97.